The minimum Gasteiger partial charge on any atom is -0.467 e. The lowest BCUT2D eigenvalue weighted by Gasteiger charge is -2.21. The second-order valence-corrected chi connectivity index (χ2v) is 10.0. The highest BCUT2D eigenvalue weighted by Crippen LogP contribution is 2.38. The van der Waals surface area contributed by atoms with Gasteiger partial charge >= 0.3 is 0 Å². The first kappa shape index (κ1) is 21.9. The van der Waals surface area contributed by atoms with E-state index in [-0.39, 0.29) is 16.3 Å². The second-order valence-electron chi connectivity index (χ2n) is 7.24. The molecule has 164 valence electrons. The van der Waals surface area contributed by atoms with E-state index >= 15 is 0 Å². The van der Waals surface area contributed by atoms with Crippen LogP contribution in [-0.4, -0.2) is 21.4 Å². The average molecular weight is 467 g/mol. The van der Waals surface area contributed by atoms with E-state index in [1.807, 2.05) is 49.4 Å². The third-order valence-corrected chi connectivity index (χ3v) is 8.04. The number of rotatable bonds is 7. The summed E-state index contributed by atoms with van der Waals surface area (Å²) in [4.78, 5) is 13.2. The molecule has 0 aliphatic carbocycles. The van der Waals surface area contributed by atoms with Crippen LogP contribution in [0.15, 0.2) is 87.7 Å². The fourth-order valence-corrected chi connectivity index (χ4v) is 6.14. The van der Waals surface area contributed by atoms with E-state index in [1.54, 1.807) is 29.6 Å². The Morgan fingerprint density at radius 1 is 1.03 bits per heavy atom. The largest absolute Gasteiger partial charge is 0.467 e. The predicted octanol–water partition coefficient (Wildman–Crippen LogP) is 5.07. The molecule has 1 N–H and O–H groups in total. The SMILES string of the molecule is Cc1ccc(N(C)S(=O)(=O)c2c(-c3ccccc3)csc2C(=O)NCc2ccco2)cc1. The molecule has 0 saturated carbocycles. The number of hydrogen-bond acceptors (Lipinski definition) is 5. The summed E-state index contributed by atoms with van der Waals surface area (Å²) in [6.45, 7) is 2.10. The second kappa shape index (κ2) is 9.02. The minimum atomic E-state index is -4.03. The van der Waals surface area contributed by atoms with Gasteiger partial charge in [-0.05, 0) is 36.8 Å². The van der Waals surface area contributed by atoms with Crippen molar-refractivity contribution < 1.29 is 17.6 Å². The number of anilines is 1. The molecule has 0 atom stereocenters. The van der Waals surface area contributed by atoms with Crippen molar-refractivity contribution in [2.24, 2.45) is 0 Å². The maximum Gasteiger partial charge on any atom is 0.266 e. The van der Waals surface area contributed by atoms with Gasteiger partial charge in [-0.25, -0.2) is 8.42 Å². The average Bonchev–Trinajstić information content (AvgIpc) is 3.48. The molecule has 4 rings (SSSR count). The number of amides is 1. The predicted molar refractivity (Wildman–Crippen MR) is 126 cm³/mol. The van der Waals surface area contributed by atoms with Crippen LogP contribution in [0.4, 0.5) is 5.69 Å². The van der Waals surface area contributed by atoms with Crippen LogP contribution in [0.2, 0.25) is 0 Å². The Morgan fingerprint density at radius 3 is 2.41 bits per heavy atom. The topological polar surface area (TPSA) is 79.6 Å². The Labute approximate surface area is 191 Å². The van der Waals surface area contributed by atoms with Gasteiger partial charge in [0, 0.05) is 18.0 Å². The zero-order valence-electron chi connectivity index (χ0n) is 17.6. The molecule has 4 aromatic rings. The third kappa shape index (κ3) is 4.32. The molecule has 1 amide bonds. The molecule has 2 aromatic carbocycles. The van der Waals surface area contributed by atoms with Crippen LogP contribution in [0, 0.1) is 6.92 Å². The summed E-state index contributed by atoms with van der Waals surface area (Å²) >= 11 is 1.11. The Morgan fingerprint density at radius 2 is 1.75 bits per heavy atom. The van der Waals surface area contributed by atoms with Crippen LogP contribution in [0.25, 0.3) is 11.1 Å². The Hall–Kier alpha value is -3.36. The first-order valence-electron chi connectivity index (χ1n) is 9.91. The number of aryl methyl sites for hydroxylation is 1. The van der Waals surface area contributed by atoms with E-state index in [9.17, 15) is 13.2 Å². The summed E-state index contributed by atoms with van der Waals surface area (Å²) in [6.07, 6.45) is 1.52. The maximum atomic E-state index is 13.8. The van der Waals surface area contributed by atoms with Gasteiger partial charge in [-0.3, -0.25) is 9.10 Å². The number of carbonyl (C=O) groups is 1. The van der Waals surface area contributed by atoms with Crippen molar-refractivity contribution in [2.75, 3.05) is 11.4 Å². The molecular formula is C24H22N2O4S2. The molecule has 8 heteroatoms. The van der Waals surface area contributed by atoms with Crippen LogP contribution >= 0.6 is 11.3 Å². The van der Waals surface area contributed by atoms with Crippen LogP contribution in [-0.2, 0) is 16.6 Å². The molecular weight excluding hydrogens is 444 g/mol. The van der Waals surface area contributed by atoms with Crippen LogP contribution in [0.5, 0.6) is 0 Å². The van der Waals surface area contributed by atoms with E-state index in [2.05, 4.69) is 5.32 Å². The van der Waals surface area contributed by atoms with Crippen molar-refractivity contribution >= 4 is 33.0 Å². The molecule has 0 fully saturated rings. The Kier molecular flexibility index (Phi) is 6.16. The van der Waals surface area contributed by atoms with Crippen molar-refractivity contribution in [1.82, 2.24) is 5.32 Å². The summed E-state index contributed by atoms with van der Waals surface area (Å²) in [5, 5.41) is 4.47. The summed E-state index contributed by atoms with van der Waals surface area (Å²) in [7, 11) is -2.53. The lowest BCUT2D eigenvalue weighted by atomic mass is 10.1. The van der Waals surface area contributed by atoms with Crippen molar-refractivity contribution in [2.45, 2.75) is 18.4 Å². The number of nitrogens with one attached hydrogen (secondary N) is 1. The molecule has 32 heavy (non-hydrogen) atoms. The molecule has 0 spiro atoms. The zero-order valence-corrected chi connectivity index (χ0v) is 19.2. The zero-order chi connectivity index (χ0) is 22.7. The van der Waals surface area contributed by atoms with Crippen LogP contribution < -0.4 is 9.62 Å². The van der Waals surface area contributed by atoms with Crippen molar-refractivity contribution in [1.29, 1.82) is 0 Å². The number of benzene rings is 2. The number of hydrogen-bond donors (Lipinski definition) is 1. The van der Waals surface area contributed by atoms with Gasteiger partial charge in [0.2, 0.25) is 0 Å². The summed E-state index contributed by atoms with van der Waals surface area (Å²) in [5.74, 6) is 0.115. The summed E-state index contributed by atoms with van der Waals surface area (Å²) in [5.41, 5.74) is 2.77. The van der Waals surface area contributed by atoms with Gasteiger partial charge in [0.25, 0.3) is 15.9 Å². The number of furan rings is 1. The van der Waals surface area contributed by atoms with Crippen molar-refractivity contribution in [3.05, 3.63) is 94.6 Å². The molecule has 0 bridgehead atoms. The highest BCUT2D eigenvalue weighted by Gasteiger charge is 2.32. The first-order valence-corrected chi connectivity index (χ1v) is 12.2. The molecule has 0 radical (unpaired) electrons. The van der Waals surface area contributed by atoms with Gasteiger partial charge < -0.3 is 9.73 Å². The third-order valence-electron chi connectivity index (χ3n) is 5.06. The molecule has 0 aliphatic heterocycles. The number of thiophene rings is 1. The fraction of sp³-hybridized carbons (Fsp3) is 0.125. The number of sulfonamides is 1. The smallest absolute Gasteiger partial charge is 0.266 e. The van der Waals surface area contributed by atoms with Gasteiger partial charge in [0.1, 0.15) is 15.5 Å². The number of nitrogens with zero attached hydrogens (tertiary/aromatic N) is 1. The van der Waals surface area contributed by atoms with Crippen LogP contribution in [0.3, 0.4) is 0 Å². The lowest BCUT2D eigenvalue weighted by molar-refractivity contribution is 0.0949. The van der Waals surface area contributed by atoms with Crippen molar-refractivity contribution in [3.63, 3.8) is 0 Å². The van der Waals surface area contributed by atoms with Gasteiger partial charge in [0.05, 0.1) is 18.5 Å². The molecule has 2 aromatic heterocycles. The standard InChI is InChI=1S/C24H22N2O4S2/c1-17-10-12-19(13-11-17)26(2)32(28,29)23-21(18-7-4-3-5-8-18)16-31-22(23)24(27)25-15-20-9-6-14-30-20/h3-14,16H,15H2,1-2H3,(H,25,27). The molecule has 0 aliphatic rings. The quantitative estimate of drug-likeness (QED) is 0.412. The molecule has 2 heterocycles. The molecule has 0 saturated heterocycles. The molecule has 6 nitrogen and oxygen atoms in total. The Bertz CT molecular complexity index is 1310. The van der Waals surface area contributed by atoms with E-state index in [0.717, 1.165) is 22.5 Å². The van der Waals surface area contributed by atoms with Gasteiger partial charge in [-0.15, -0.1) is 11.3 Å². The normalized spacial score (nSPS) is 11.3. The van der Waals surface area contributed by atoms with Crippen molar-refractivity contribution in [3.8, 4) is 11.1 Å². The van der Waals surface area contributed by atoms with E-state index in [4.69, 9.17) is 4.42 Å². The van der Waals surface area contributed by atoms with E-state index in [0.29, 0.717) is 17.0 Å². The summed E-state index contributed by atoms with van der Waals surface area (Å²) in [6, 6.07) is 19.9. The van der Waals surface area contributed by atoms with Gasteiger partial charge in [-0.1, -0.05) is 48.0 Å². The van der Waals surface area contributed by atoms with Crippen LogP contribution in [0.1, 0.15) is 21.0 Å². The summed E-state index contributed by atoms with van der Waals surface area (Å²) < 4.78 is 34.0. The monoisotopic (exact) mass is 466 g/mol. The first-order chi connectivity index (χ1) is 15.4. The van der Waals surface area contributed by atoms with E-state index < -0.39 is 15.9 Å². The minimum absolute atomic E-state index is 0.00581. The van der Waals surface area contributed by atoms with E-state index in [1.165, 1.54) is 17.6 Å². The maximum absolute atomic E-state index is 13.8. The fourth-order valence-electron chi connectivity index (χ4n) is 3.27. The highest BCUT2D eigenvalue weighted by atomic mass is 32.2. The van der Waals surface area contributed by atoms with Gasteiger partial charge in [0.15, 0.2) is 0 Å². The van der Waals surface area contributed by atoms with Gasteiger partial charge in [-0.2, -0.15) is 0 Å². The number of carbonyl (C=O) groups excluding carboxylic acids is 1. The Balaban J connectivity index is 1.77. The molecule has 0 unspecified atom stereocenters. The highest BCUT2D eigenvalue weighted by molar-refractivity contribution is 7.93. The lowest BCUT2D eigenvalue weighted by Crippen LogP contribution is -2.30.